The first-order chi connectivity index (χ1) is 15.4. The number of hydrogen-bond donors (Lipinski definition) is 1. The number of methoxy groups -OCH3 is 1. The molecular formula is C24H23FN4O2S. The number of anilines is 1. The number of carbonyl (C=O) groups excluding carboxylic acids is 1. The predicted molar refractivity (Wildman–Crippen MR) is 123 cm³/mol. The van der Waals surface area contributed by atoms with E-state index in [1.807, 2.05) is 48.2 Å². The number of aromatic nitrogens is 3. The maximum atomic E-state index is 13.7. The van der Waals surface area contributed by atoms with E-state index in [0.29, 0.717) is 10.8 Å². The van der Waals surface area contributed by atoms with Crippen LogP contribution in [-0.2, 0) is 17.6 Å². The number of rotatable bonds is 7. The summed E-state index contributed by atoms with van der Waals surface area (Å²) in [6.45, 7) is 4.00. The lowest BCUT2D eigenvalue weighted by atomic mass is 10.0. The molecule has 8 heteroatoms. The number of amides is 1. The van der Waals surface area contributed by atoms with E-state index < -0.39 is 5.82 Å². The fraction of sp³-hybridized carbons (Fsp3) is 0.208. The van der Waals surface area contributed by atoms with Gasteiger partial charge in [0.1, 0.15) is 11.6 Å². The van der Waals surface area contributed by atoms with Crippen LogP contribution >= 0.6 is 11.3 Å². The number of thiazole rings is 1. The van der Waals surface area contributed by atoms with Crippen LogP contribution in [0.2, 0.25) is 0 Å². The largest absolute Gasteiger partial charge is 0.497 e. The molecule has 0 unspecified atom stereocenters. The molecular weight excluding hydrogens is 427 g/mol. The second-order valence-corrected chi connectivity index (χ2v) is 8.25. The Kier molecular flexibility index (Phi) is 6.32. The average Bonchev–Trinajstić information content (AvgIpc) is 3.35. The van der Waals surface area contributed by atoms with Gasteiger partial charge in [-0.3, -0.25) is 4.79 Å². The van der Waals surface area contributed by atoms with Gasteiger partial charge in [-0.05, 0) is 43.7 Å². The van der Waals surface area contributed by atoms with E-state index in [4.69, 9.17) is 4.74 Å². The molecule has 0 radical (unpaired) electrons. The number of nitrogens with one attached hydrogen (secondary N) is 1. The van der Waals surface area contributed by atoms with Crippen molar-refractivity contribution in [2.45, 2.75) is 26.7 Å². The third-order valence-corrected chi connectivity index (χ3v) is 6.06. The molecule has 2 heterocycles. The van der Waals surface area contributed by atoms with Crippen molar-refractivity contribution in [3.05, 3.63) is 87.9 Å². The zero-order valence-electron chi connectivity index (χ0n) is 18.1. The average molecular weight is 451 g/mol. The standard InChI is InChI=1S/C24H23FN4O2S/c1-15-20(12-17-8-10-19(31-3)11-9-17)16(2)29(28-15)24-26-18(14-32-24)13-23(30)27-22-7-5-4-6-21(22)25/h4-11,14H,12-13H2,1-3H3,(H,27,30). The van der Waals surface area contributed by atoms with Gasteiger partial charge in [0.05, 0.1) is 30.6 Å². The van der Waals surface area contributed by atoms with Gasteiger partial charge < -0.3 is 10.1 Å². The summed E-state index contributed by atoms with van der Waals surface area (Å²) in [6.07, 6.45) is 0.813. The molecule has 6 nitrogen and oxygen atoms in total. The van der Waals surface area contributed by atoms with Crippen LogP contribution in [-0.4, -0.2) is 27.8 Å². The molecule has 0 aliphatic heterocycles. The summed E-state index contributed by atoms with van der Waals surface area (Å²) in [5, 5.41) is 9.78. The first-order valence-corrected chi connectivity index (χ1v) is 11.0. The Balaban J connectivity index is 1.48. The summed E-state index contributed by atoms with van der Waals surface area (Å²) in [6, 6.07) is 14.1. The van der Waals surface area contributed by atoms with E-state index >= 15 is 0 Å². The van der Waals surface area contributed by atoms with Gasteiger partial charge in [-0.15, -0.1) is 11.3 Å². The topological polar surface area (TPSA) is 69.0 Å². The minimum Gasteiger partial charge on any atom is -0.497 e. The molecule has 1 N–H and O–H groups in total. The van der Waals surface area contributed by atoms with Crippen molar-refractivity contribution in [1.82, 2.24) is 14.8 Å². The molecule has 32 heavy (non-hydrogen) atoms. The number of hydrogen-bond acceptors (Lipinski definition) is 5. The molecule has 2 aromatic carbocycles. The summed E-state index contributed by atoms with van der Waals surface area (Å²) in [5.74, 6) is 0.0413. The molecule has 4 aromatic rings. The number of para-hydroxylation sites is 1. The third kappa shape index (κ3) is 4.70. The van der Waals surface area contributed by atoms with Crippen molar-refractivity contribution in [3.8, 4) is 10.9 Å². The van der Waals surface area contributed by atoms with E-state index in [1.54, 1.807) is 19.2 Å². The minimum absolute atomic E-state index is 0.0584. The lowest BCUT2D eigenvalue weighted by Crippen LogP contribution is -2.15. The Morgan fingerprint density at radius 1 is 1.16 bits per heavy atom. The van der Waals surface area contributed by atoms with Gasteiger partial charge in [-0.1, -0.05) is 24.3 Å². The van der Waals surface area contributed by atoms with Crippen LogP contribution in [0.1, 0.15) is 28.2 Å². The molecule has 1 amide bonds. The van der Waals surface area contributed by atoms with Crippen LogP contribution in [0, 0.1) is 19.7 Å². The van der Waals surface area contributed by atoms with Gasteiger partial charge in [-0.25, -0.2) is 14.1 Å². The van der Waals surface area contributed by atoms with Crippen molar-refractivity contribution in [2.75, 3.05) is 12.4 Å². The van der Waals surface area contributed by atoms with Gasteiger partial charge >= 0.3 is 0 Å². The normalized spacial score (nSPS) is 10.9. The third-order valence-electron chi connectivity index (χ3n) is 5.19. The lowest BCUT2D eigenvalue weighted by molar-refractivity contribution is -0.115. The number of carbonyl (C=O) groups is 1. The fourth-order valence-corrected chi connectivity index (χ4v) is 4.29. The van der Waals surface area contributed by atoms with E-state index in [1.165, 1.54) is 29.0 Å². The van der Waals surface area contributed by atoms with Gasteiger partial charge in [0.25, 0.3) is 0 Å². The lowest BCUT2D eigenvalue weighted by Gasteiger charge is -2.05. The van der Waals surface area contributed by atoms with E-state index in [-0.39, 0.29) is 18.0 Å². The molecule has 0 atom stereocenters. The fourth-order valence-electron chi connectivity index (χ4n) is 3.46. The SMILES string of the molecule is COc1ccc(Cc2c(C)nn(-c3nc(CC(=O)Nc4ccccc4F)cs3)c2C)cc1. The van der Waals surface area contributed by atoms with Crippen molar-refractivity contribution < 1.29 is 13.9 Å². The highest BCUT2D eigenvalue weighted by atomic mass is 32.1. The maximum Gasteiger partial charge on any atom is 0.230 e. The molecule has 164 valence electrons. The Morgan fingerprint density at radius 3 is 2.62 bits per heavy atom. The van der Waals surface area contributed by atoms with E-state index in [2.05, 4.69) is 15.4 Å². The van der Waals surface area contributed by atoms with Crippen molar-refractivity contribution in [2.24, 2.45) is 0 Å². The van der Waals surface area contributed by atoms with Crippen LogP contribution < -0.4 is 10.1 Å². The molecule has 4 rings (SSSR count). The van der Waals surface area contributed by atoms with Gasteiger partial charge in [0.15, 0.2) is 0 Å². The monoisotopic (exact) mass is 450 g/mol. The molecule has 0 aliphatic rings. The van der Waals surface area contributed by atoms with Crippen LogP contribution in [0.4, 0.5) is 10.1 Å². The number of halogens is 1. The van der Waals surface area contributed by atoms with Gasteiger partial charge in [0.2, 0.25) is 11.0 Å². The quantitative estimate of drug-likeness (QED) is 0.436. The molecule has 2 aromatic heterocycles. The Labute approximate surface area is 189 Å². The molecule has 0 bridgehead atoms. The summed E-state index contributed by atoms with van der Waals surface area (Å²) in [7, 11) is 1.65. The zero-order valence-corrected chi connectivity index (χ0v) is 18.9. The highest BCUT2D eigenvalue weighted by Crippen LogP contribution is 2.24. The highest BCUT2D eigenvalue weighted by Gasteiger charge is 2.17. The summed E-state index contributed by atoms with van der Waals surface area (Å²) < 4.78 is 20.8. The number of benzene rings is 2. The first-order valence-electron chi connectivity index (χ1n) is 10.1. The smallest absolute Gasteiger partial charge is 0.230 e. The summed E-state index contributed by atoms with van der Waals surface area (Å²) in [4.78, 5) is 16.9. The summed E-state index contributed by atoms with van der Waals surface area (Å²) in [5.41, 5.74) is 5.03. The van der Waals surface area contributed by atoms with E-state index in [9.17, 15) is 9.18 Å². The number of nitrogens with zero attached hydrogens (tertiary/aromatic N) is 3. The molecule has 0 spiro atoms. The van der Waals surface area contributed by atoms with Gasteiger partial charge in [-0.2, -0.15) is 5.10 Å². The van der Waals surface area contributed by atoms with E-state index in [0.717, 1.165) is 29.1 Å². The highest BCUT2D eigenvalue weighted by molar-refractivity contribution is 7.12. The molecule has 0 saturated carbocycles. The van der Waals surface area contributed by atoms with Crippen LogP contribution in [0.5, 0.6) is 5.75 Å². The molecule has 0 aliphatic carbocycles. The maximum absolute atomic E-state index is 13.7. The Bertz CT molecular complexity index is 1250. The summed E-state index contributed by atoms with van der Waals surface area (Å²) >= 11 is 1.42. The Hall–Kier alpha value is -3.52. The molecule has 0 fully saturated rings. The van der Waals surface area contributed by atoms with Crippen molar-refractivity contribution >= 4 is 22.9 Å². The predicted octanol–water partition coefficient (Wildman–Crippen LogP) is 4.87. The van der Waals surface area contributed by atoms with Crippen LogP contribution in [0.15, 0.2) is 53.9 Å². The zero-order chi connectivity index (χ0) is 22.7. The first kappa shape index (κ1) is 21.7. The number of aryl methyl sites for hydroxylation is 1. The van der Waals surface area contributed by atoms with Crippen LogP contribution in [0.3, 0.4) is 0 Å². The van der Waals surface area contributed by atoms with Crippen LogP contribution in [0.25, 0.3) is 5.13 Å². The van der Waals surface area contributed by atoms with Gasteiger partial charge in [0, 0.05) is 23.1 Å². The van der Waals surface area contributed by atoms with Crippen molar-refractivity contribution in [1.29, 1.82) is 0 Å². The number of ether oxygens (including phenoxy) is 1. The Morgan fingerprint density at radius 2 is 1.91 bits per heavy atom. The minimum atomic E-state index is -0.466. The van der Waals surface area contributed by atoms with Crippen molar-refractivity contribution in [3.63, 3.8) is 0 Å². The molecule has 0 saturated heterocycles. The second kappa shape index (κ2) is 9.32. The second-order valence-electron chi connectivity index (χ2n) is 7.41.